The molecule has 0 radical (unpaired) electrons. The second-order valence-corrected chi connectivity index (χ2v) is 2.60. The molecule has 0 aliphatic carbocycles. The fraction of sp³-hybridized carbons (Fsp3) is 0.889. The van der Waals surface area contributed by atoms with Crippen molar-refractivity contribution >= 4 is 0 Å². The van der Waals surface area contributed by atoms with Gasteiger partial charge in [-0.1, -0.05) is 34.6 Å². The molecule has 0 aromatic carbocycles. The van der Waals surface area contributed by atoms with Gasteiger partial charge in [-0.05, 0) is 0 Å². The Morgan fingerprint density at radius 2 is 1.00 bits per heavy atom. The van der Waals surface area contributed by atoms with Crippen LogP contribution in [0.5, 0.6) is 0 Å². The topological polar surface area (TPSA) is 79.6 Å². The van der Waals surface area contributed by atoms with Crippen molar-refractivity contribution in [1.29, 1.82) is 0 Å². The molecule has 0 aliphatic heterocycles. The van der Waals surface area contributed by atoms with Gasteiger partial charge in [-0.15, -0.1) is 12.2 Å². The minimum atomic E-state index is -0.417. The molecule has 0 aliphatic rings. The molecule has 0 amide bonds. The maximum atomic E-state index is 9.53. The van der Waals surface area contributed by atoms with E-state index in [1.165, 1.54) is 0 Å². The number of hydrogen-bond acceptors (Lipinski definition) is 2. The summed E-state index contributed by atoms with van der Waals surface area (Å²) in [6.45, 7) is 11.9. The number of rotatable bonds is 0. The molecule has 0 aromatic rings. The average Bonchev–Trinajstić information content (AvgIpc) is 1.60. The molecule has 0 fully saturated rings. The van der Waals surface area contributed by atoms with Gasteiger partial charge in [0.05, 0.1) is 0 Å². The van der Waals surface area contributed by atoms with Crippen molar-refractivity contribution in [3.63, 3.8) is 0 Å². The summed E-state index contributed by atoms with van der Waals surface area (Å²) in [6, 6.07) is 0. The standard InChI is InChI=1S/2C3H7O.C3H7.H2N.Ti/c2*1-3(2)4;1-3-2;;/h2*3H,1-2H3;1,3H2,2H3;1H2;/q4*-1;+4. The van der Waals surface area contributed by atoms with Crippen molar-refractivity contribution in [3.05, 3.63) is 13.1 Å². The molecule has 0 saturated heterocycles. The van der Waals surface area contributed by atoms with Gasteiger partial charge in [0.25, 0.3) is 0 Å². The predicted octanol–water partition coefficient (Wildman–Crippen LogP) is 1.46. The summed E-state index contributed by atoms with van der Waals surface area (Å²) < 4.78 is 0. The molecule has 0 spiro atoms. The van der Waals surface area contributed by atoms with Crippen molar-refractivity contribution in [2.45, 2.75) is 53.2 Å². The van der Waals surface area contributed by atoms with E-state index in [1.807, 2.05) is 6.92 Å². The minimum absolute atomic E-state index is 0. The summed E-state index contributed by atoms with van der Waals surface area (Å²) in [5.74, 6) is 0. The Morgan fingerprint density at radius 3 is 1.00 bits per heavy atom. The first kappa shape index (κ1) is 29.2. The molecule has 0 heterocycles. The van der Waals surface area contributed by atoms with E-state index in [-0.39, 0.29) is 27.9 Å². The van der Waals surface area contributed by atoms with Crippen molar-refractivity contribution in [2.75, 3.05) is 0 Å². The van der Waals surface area contributed by atoms with Crippen molar-refractivity contribution in [3.8, 4) is 0 Å². The first-order valence-electron chi connectivity index (χ1n) is 3.99. The van der Waals surface area contributed by atoms with Crippen LogP contribution in [-0.2, 0) is 21.7 Å². The molecule has 13 heavy (non-hydrogen) atoms. The SMILES string of the molecule is CC(C)[O-].CC(C)[O-].[CH2-]CC.[NH2-].[Ti+4]. The van der Waals surface area contributed by atoms with Gasteiger partial charge in [0.2, 0.25) is 0 Å². The van der Waals surface area contributed by atoms with Crippen LogP contribution in [-0.4, -0.2) is 12.2 Å². The Hall–Kier alpha value is 0.594. The third-order valence-electron chi connectivity index (χ3n) is 0. The summed E-state index contributed by atoms with van der Waals surface area (Å²) in [5, 5.41) is 19.1. The van der Waals surface area contributed by atoms with Crippen LogP contribution in [0.3, 0.4) is 0 Å². The average molecular weight is 225 g/mol. The summed E-state index contributed by atoms with van der Waals surface area (Å²) in [6.07, 6.45) is 0.167. The van der Waals surface area contributed by atoms with Crippen LogP contribution in [0.15, 0.2) is 0 Å². The third-order valence-corrected chi connectivity index (χ3v) is 0. The van der Waals surface area contributed by atoms with E-state index in [1.54, 1.807) is 27.7 Å². The maximum Gasteiger partial charge on any atom is 4.00 e. The van der Waals surface area contributed by atoms with Crippen LogP contribution < -0.4 is 10.2 Å². The van der Waals surface area contributed by atoms with Gasteiger partial charge in [-0.2, -0.15) is 6.42 Å². The summed E-state index contributed by atoms with van der Waals surface area (Å²) >= 11 is 0. The first-order valence-corrected chi connectivity index (χ1v) is 3.99. The third kappa shape index (κ3) is 4000. The van der Waals surface area contributed by atoms with Crippen molar-refractivity contribution in [1.82, 2.24) is 0 Å². The Morgan fingerprint density at radius 1 is 1.00 bits per heavy atom. The Bertz CT molecular complexity index is 41.4. The molecular formula is C9H23NO2Ti. The molecule has 80 valence electrons. The summed E-state index contributed by atoms with van der Waals surface area (Å²) in [4.78, 5) is 0. The van der Waals surface area contributed by atoms with E-state index < -0.39 is 12.2 Å². The van der Waals surface area contributed by atoms with E-state index in [4.69, 9.17) is 0 Å². The van der Waals surface area contributed by atoms with E-state index >= 15 is 0 Å². The van der Waals surface area contributed by atoms with E-state index in [2.05, 4.69) is 6.92 Å². The first-order chi connectivity index (χ1) is 4.88. The van der Waals surface area contributed by atoms with E-state index in [0.717, 1.165) is 6.42 Å². The van der Waals surface area contributed by atoms with Crippen LogP contribution >= 0.6 is 0 Å². The largest absolute Gasteiger partial charge is 4.00 e. The van der Waals surface area contributed by atoms with Gasteiger partial charge >= 0.3 is 21.7 Å². The van der Waals surface area contributed by atoms with Gasteiger partial charge in [0.15, 0.2) is 0 Å². The van der Waals surface area contributed by atoms with Crippen LogP contribution in [0.2, 0.25) is 0 Å². The van der Waals surface area contributed by atoms with Crippen LogP contribution in [0.1, 0.15) is 41.0 Å². The molecule has 0 bridgehead atoms. The zero-order chi connectivity index (χ0) is 9.86. The zero-order valence-electron chi connectivity index (χ0n) is 9.46. The van der Waals surface area contributed by atoms with Gasteiger partial charge < -0.3 is 23.3 Å². The molecular weight excluding hydrogens is 202 g/mol. The number of nitrogens with two attached hydrogens (primary N) is 1. The molecule has 0 atom stereocenters. The van der Waals surface area contributed by atoms with Crippen molar-refractivity contribution < 1.29 is 31.9 Å². The maximum absolute atomic E-state index is 9.53. The van der Waals surface area contributed by atoms with Crippen LogP contribution in [0, 0.1) is 6.92 Å². The number of hydrogen-bond donors (Lipinski definition) is 0. The summed E-state index contributed by atoms with van der Waals surface area (Å²) in [7, 11) is 0. The fourth-order valence-corrected chi connectivity index (χ4v) is 0. The quantitative estimate of drug-likeness (QED) is 0.462. The Kier molecular flexibility index (Phi) is 65.9. The fourth-order valence-electron chi connectivity index (χ4n) is 0. The molecule has 4 heteroatoms. The molecule has 0 unspecified atom stereocenters. The van der Waals surface area contributed by atoms with Gasteiger partial charge in [-0.3, -0.25) is 0 Å². The molecule has 0 aromatic heterocycles. The summed E-state index contributed by atoms with van der Waals surface area (Å²) in [5.41, 5.74) is 0. The molecule has 2 N–H and O–H groups in total. The van der Waals surface area contributed by atoms with E-state index in [9.17, 15) is 10.2 Å². The predicted molar refractivity (Wildman–Crippen MR) is 51.2 cm³/mol. The Labute approximate surface area is 98.4 Å². The van der Waals surface area contributed by atoms with Crippen LogP contribution in [0.4, 0.5) is 0 Å². The normalized spacial score (nSPS) is 6.92. The van der Waals surface area contributed by atoms with E-state index in [0.29, 0.717) is 0 Å². The van der Waals surface area contributed by atoms with Crippen LogP contribution in [0.25, 0.3) is 6.15 Å². The van der Waals surface area contributed by atoms with Gasteiger partial charge in [0.1, 0.15) is 0 Å². The molecule has 0 saturated carbocycles. The second kappa shape index (κ2) is 29.4. The smallest absolute Gasteiger partial charge is 0.852 e. The minimum Gasteiger partial charge on any atom is -0.852 e. The zero-order valence-corrected chi connectivity index (χ0v) is 11.0. The second-order valence-electron chi connectivity index (χ2n) is 2.60. The molecule has 3 nitrogen and oxygen atoms in total. The monoisotopic (exact) mass is 225 g/mol. The van der Waals surface area contributed by atoms with Gasteiger partial charge in [-0.25, -0.2) is 0 Å². The van der Waals surface area contributed by atoms with Crippen molar-refractivity contribution in [2.24, 2.45) is 0 Å². The Balaban J connectivity index is -0.0000000231. The molecule has 0 rings (SSSR count). The van der Waals surface area contributed by atoms with Gasteiger partial charge in [0, 0.05) is 0 Å².